The predicted molar refractivity (Wildman–Crippen MR) is 81.8 cm³/mol. The number of hydrogen-bond acceptors (Lipinski definition) is 4. The number of fused-ring (bicyclic) bond motifs is 1. The zero-order valence-electron chi connectivity index (χ0n) is 11.1. The molecule has 104 valence electrons. The molecule has 0 aliphatic carbocycles. The van der Waals surface area contributed by atoms with Crippen LogP contribution in [-0.2, 0) is 13.0 Å². The van der Waals surface area contributed by atoms with Gasteiger partial charge in [0.15, 0.2) is 0 Å². The molecule has 1 aliphatic rings. The minimum atomic E-state index is -0.208. The van der Waals surface area contributed by atoms with Gasteiger partial charge in [0.25, 0.3) is 5.91 Å². The van der Waals surface area contributed by atoms with E-state index < -0.39 is 0 Å². The molecule has 1 aromatic carbocycles. The summed E-state index contributed by atoms with van der Waals surface area (Å²) >= 11 is 1.43. The van der Waals surface area contributed by atoms with E-state index in [1.165, 1.54) is 22.6 Å². The summed E-state index contributed by atoms with van der Waals surface area (Å²) in [5.74, 6) is 5.03. The van der Waals surface area contributed by atoms with E-state index in [4.69, 9.17) is 5.84 Å². The molecular formula is C15H17N3OS. The van der Waals surface area contributed by atoms with E-state index in [0.29, 0.717) is 4.88 Å². The van der Waals surface area contributed by atoms with Crippen LogP contribution < -0.4 is 16.2 Å². The van der Waals surface area contributed by atoms with Crippen molar-refractivity contribution in [3.05, 3.63) is 51.7 Å². The lowest BCUT2D eigenvalue weighted by atomic mass is 10.0. The van der Waals surface area contributed by atoms with Crippen LogP contribution in [-0.4, -0.2) is 12.5 Å². The summed E-state index contributed by atoms with van der Waals surface area (Å²) in [6.07, 6.45) is 2.28. The van der Waals surface area contributed by atoms with Crippen molar-refractivity contribution in [3.8, 4) is 0 Å². The van der Waals surface area contributed by atoms with Crippen LogP contribution in [0.4, 0.5) is 5.69 Å². The normalized spacial score (nSPS) is 13.9. The smallest absolute Gasteiger partial charge is 0.275 e. The Labute approximate surface area is 122 Å². The average molecular weight is 287 g/mol. The van der Waals surface area contributed by atoms with E-state index in [9.17, 15) is 4.79 Å². The first-order valence-electron chi connectivity index (χ1n) is 6.70. The van der Waals surface area contributed by atoms with Crippen molar-refractivity contribution in [2.45, 2.75) is 19.4 Å². The fourth-order valence-electron chi connectivity index (χ4n) is 2.71. The Morgan fingerprint density at radius 3 is 3.05 bits per heavy atom. The summed E-state index contributed by atoms with van der Waals surface area (Å²) in [7, 11) is 0. The van der Waals surface area contributed by atoms with Gasteiger partial charge >= 0.3 is 0 Å². The lowest BCUT2D eigenvalue weighted by Crippen LogP contribution is -2.32. The van der Waals surface area contributed by atoms with Crippen LogP contribution in [0.3, 0.4) is 0 Å². The van der Waals surface area contributed by atoms with E-state index >= 15 is 0 Å². The summed E-state index contributed by atoms with van der Waals surface area (Å²) in [4.78, 5) is 14.8. The monoisotopic (exact) mass is 287 g/mol. The molecule has 0 saturated heterocycles. The minimum Gasteiger partial charge on any atom is -0.367 e. The predicted octanol–water partition coefficient (Wildman–Crippen LogP) is 2.30. The second-order valence-corrected chi connectivity index (χ2v) is 5.82. The van der Waals surface area contributed by atoms with Gasteiger partial charge < -0.3 is 4.90 Å². The van der Waals surface area contributed by atoms with Gasteiger partial charge in [-0.2, -0.15) is 0 Å². The number of thiophene rings is 1. The van der Waals surface area contributed by atoms with Crippen LogP contribution >= 0.6 is 11.3 Å². The molecule has 1 aromatic heterocycles. The minimum absolute atomic E-state index is 0.208. The lowest BCUT2D eigenvalue weighted by molar-refractivity contribution is 0.0957. The molecule has 3 rings (SSSR count). The average Bonchev–Trinajstić information content (AvgIpc) is 2.95. The number of para-hydroxylation sites is 1. The molecule has 20 heavy (non-hydrogen) atoms. The molecule has 5 heteroatoms. The molecule has 0 unspecified atom stereocenters. The number of carbonyl (C=O) groups is 1. The summed E-state index contributed by atoms with van der Waals surface area (Å²) in [5, 5.41) is 1.94. The van der Waals surface area contributed by atoms with Crippen LogP contribution in [0, 0.1) is 0 Å². The standard InChI is InChI=1S/C15H17N3OS/c16-17-15(19)14-12(7-9-20-14)10-18-8-3-5-11-4-1-2-6-13(11)18/h1-2,4,6-7,9H,3,5,8,10,16H2,(H,17,19). The number of nitrogens with zero attached hydrogens (tertiary/aromatic N) is 1. The molecule has 1 amide bonds. The van der Waals surface area contributed by atoms with Crippen LogP contribution in [0.15, 0.2) is 35.7 Å². The second kappa shape index (κ2) is 5.64. The Hall–Kier alpha value is -1.85. The molecule has 3 N–H and O–H groups in total. The Morgan fingerprint density at radius 1 is 1.35 bits per heavy atom. The molecule has 4 nitrogen and oxygen atoms in total. The zero-order chi connectivity index (χ0) is 13.9. The first kappa shape index (κ1) is 13.1. The summed E-state index contributed by atoms with van der Waals surface area (Å²) in [6, 6.07) is 10.5. The number of nitrogens with two attached hydrogens (primary N) is 1. The SMILES string of the molecule is NNC(=O)c1sccc1CN1CCCc2ccccc21. The van der Waals surface area contributed by atoms with Crippen molar-refractivity contribution in [3.63, 3.8) is 0 Å². The van der Waals surface area contributed by atoms with E-state index in [2.05, 4.69) is 34.6 Å². The molecule has 1 aliphatic heterocycles. The number of aryl methyl sites for hydroxylation is 1. The molecular weight excluding hydrogens is 270 g/mol. The summed E-state index contributed by atoms with van der Waals surface area (Å²) < 4.78 is 0. The van der Waals surface area contributed by atoms with Crippen LogP contribution in [0.1, 0.15) is 27.2 Å². The molecule has 0 spiro atoms. The highest BCUT2D eigenvalue weighted by Crippen LogP contribution is 2.29. The quantitative estimate of drug-likeness (QED) is 0.517. The number of anilines is 1. The van der Waals surface area contributed by atoms with Gasteiger partial charge in [-0.3, -0.25) is 10.2 Å². The molecule has 0 fully saturated rings. The van der Waals surface area contributed by atoms with Gasteiger partial charge in [-0.1, -0.05) is 18.2 Å². The Bertz CT molecular complexity index is 623. The van der Waals surface area contributed by atoms with E-state index in [1.54, 1.807) is 0 Å². The fourth-order valence-corrected chi connectivity index (χ4v) is 3.52. The molecule has 2 aromatic rings. The number of rotatable bonds is 3. The van der Waals surface area contributed by atoms with E-state index in [1.807, 2.05) is 11.4 Å². The third kappa shape index (κ3) is 2.42. The molecule has 0 radical (unpaired) electrons. The zero-order valence-corrected chi connectivity index (χ0v) is 12.0. The first-order chi connectivity index (χ1) is 9.79. The number of hydrogen-bond donors (Lipinski definition) is 2. The molecule has 0 bridgehead atoms. The topological polar surface area (TPSA) is 58.4 Å². The van der Waals surface area contributed by atoms with Gasteiger partial charge in [-0.25, -0.2) is 5.84 Å². The second-order valence-electron chi connectivity index (χ2n) is 4.90. The highest BCUT2D eigenvalue weighted by Gasteiger charge is 2.19. The number of carbonyl (C=O) groups excluding carboxylic acids is 1. The number of nitrogen functional groups attached to an aromatic ring is 1. The van der Waals surface area contributed by atoms with E-state index in [0.717, 1.165) is 31.5 Å². The first-order valence-corrected chi connectivity index (χ1v) is 7.57. The third-order valence-electron chi connectivity index (χ3n) is 3.65. The lowest BCUT2D eigenvalue weighted by Gasteiger charge is -2.31. The van der Waals surface area contributed by atoms with Gasteiger partial charge in [-0.15, -0.1) is 11.3 Å². The van der Waals surface area contributed by atoms with E-state index in [-0.39, 0.29) is 5.91 Å². The maximum absolute atomic E-state index is 11.7. The Balaban J connectivity index is 1.86. The van der Waals surface area contributed by atoms with Crippen molar-refractivity contribution >= 4 is 22.9 Å². The van der Waals surface area contributed by atoms with Crippen molar-refractivity contribution in [1.29, 1.82) is 0 Å². The molecule has 2 heterocycles. The Morgan fingerprint density at radius 2 is 2.20 bits per heavy atom. The van der Waals surface area contributed by atoms with Crippen molar-refractivity contribution < 1.29 is 4.79 Å². The van der Waals surface area contributed by atoms with Crippen LogP contribution in [0.5, 0.6) is 0 Å². The van der Waals surface area contributed by atoms with Gasteiger partial charge in [-0.05, 0) is 41.5 Å². The Kier molecular flexibility index (Phi) is 3.71. The van der Waals surface area contributed by atoms with Crippen LogP contribution in [0.2, 0.25) is 0 Å². The largest absolute Gasteiger partial charge is 0.367 e. The van der Waals surface area contributed by atoms with Gasteiger partial charge in [0.05, 0.1) is 4.88 Å². The van der Waals surface area contributed by atoms with Crippen LogP contribution in [0.25, 0.3) is 0 Å². The van der Waals surface area contributed by atoms with Crippen molar-refractivity contribution in [1.82, 2.24) is 5.43 Å². The fraction of sp³-hybridized carbons (Fsp3) is 0.267. The van der Waals surface area contributed by atoms with Gasteiger partial charge in [0, 0.05) is 18.8 Å². The van der Waals surface area contributed by atoms with Gasteiger partial charge in [0.1, 0.15) is 0 Å². The highest BCUT2D eigenvalue weighted by atomic mass is 32.1. The third-order valence-corrected chi connectivity index (χ3v) is 4.61. The summed E-state index contributed by atoms with van der Waals surface area (Å²) in [6.45, 7) is 1.78. The highest BCUT2D eigenvalue weighted by molar-refractivity contribution is 7.12. The molecule has 0 saturated carbocycles. The van der Waals surface area contributed by atoms with Crippen molar-refractivity contribution in [2.75, 3.05) is 11.4 Å². The van der Waals surface area contributed by atoms with Gasteiger partial charge in [0.2, 0.25) is 0 Å². The number of nitrogens with one attached hydrogen (secondary N) is 1. The molecule has 0 atom stereocenters. The van der Waals surface area contributed by atoms with Crippen molar-refractivity contribution in [2.24, 2.45) is 5.84 Å². The maximum Gasteiger partial charge on any atom is 0.275 e. The summed E-state index contributed by atoms with van der Waals surface area (Å²) in [5.41, 5.74) is 5.92. The number of hydrazine groups is 1. The maximum atomic E-state index is 11.7. The number of benzene rings is 1. The number of amides is 1.